The number of carbonyl (C=O) groups excluding carboxylic acids is 6. The summed E-state index contributed by atoms with van der Waals surface area (Å²) in [5.41, 5.74) is 5.26. The van der Waals surface area contributed by atoms with Crippen LogP contribution in [0, 0.1) is 34.9 Å². The molecule has 3 aromatic carbocycles. The van der Waals surface area contributed by atoms with E-state index < -0.39 is 68.9 Å². The number of allylic oxidation sites excluding steroid dienone is 1. The average molecular weight is 1460 g/mol. The Morgan fingerprint density at radius 2 is 0.857 bits per heavy atom. The van der Waals surface area contributed by atoms with E-state index in [1.165, 1.54) is 60.9 Å². The highest BCUT2D eigenvalue weighted by atomic mass is 32.1. The maximum atomic E-state index is 14.8. The van der Waals surface area contributed by atoms with Crippen LogP contribution in [-0.2, 0) is 61.2 Å². The van der Waals surface area contributed by atoms with Crippen LogP contribution in [0.25, 0.3) is 27.4 Å². The van der Waals surface area contributed by atoms with Crippen molar-refractivity contribution in [3.63, 3.8) is 0 Å². The molecule has 0 radical (unpaired) electrons. The zero-order valence-corrected chi connectivity index (χ0v) is 58.2. The van der Waals surface area contributed by atoms with Gasteiger partial charge in [-0.1, -0.05) is 25.8 Å². The number of hydrogen-bond donors (Lipinski definition) is 3. The third kappa shape index (κ3) is 16.0. The highest BCUT2D eigenvalue weighted by molar-refractivity contribution is 7.21. The summed E-state index contributed by atoms with van der Waals surface area (Å²) in [7, 11) is 12.4. The molecule has 3 N–H and O–H groups in total. The van der Waals surface area contributed by atoms with Gasteiger partial charge < -0.3 is 48.8 Å². The lowest BCUT2D eigenvalue weighted by atomic mass is 9.99. The molecule has 3 amide bonds. The first-order valence-electron chi connectivity index (χ1n) is 31.1. The van der Waals surface area contributed by atoms with Crippen molar-refractivity contribution in [2.45, 2.75) is 25.7 Å². The van der Waals surface area contributed by atoms with E-state index >= 15 is 0 Å². The number of aromatic nitrogens is 9. The molecule has 25 nitrogen and oxygen atoms in total. The number of amides is 3. The highest BCUT2D eigenvalue weighted by Gasteiger charge is 2.33. The van der Waals surface area contributed by atoms with E-state index in [1.54, 1.807) is 90.2 Å². The number of methoxy groups -OCH3 is 6. The summed E-state index contributed by atoms with van der Waals surface area (Å²) in [4.78, 5) is 88.0. The van der Waals surface area contributed by atoms with Crippen LogP contribution < -0.4 is 44.4 Å². The van der Waals surface area contributed by atoms with E-state index in [4.69, 9.17) is 32.8 Å². The number of rotatable bonds is 24. The third-order valence-electron chi connectivity index (χ3n) is 15.9. The molecule has 32 heteroatoms. The number of nitrogens with zero attached hydrogens (tertiary/aromatic N) is 9. The van der Waals surface area contributed by atoms with Gasteiger partial charge in [-0.15, -0.1) is 11.3 Å². The van der Waals surface area contributed by atoms with Crippen molar-refractivity contribution < 1.29 is 87.9 Å². The lowest BCUT2D eigenvalue weighted by Gasteiger charge is -2.12. The Morgan fingerprint density at radius 1 is 0.486 bits per heavy atom. The minimum absolute atomic E-state index is 0.106. The van der Waals surface area contributed by atoms with Crippen molar-refractivity contribution in [3.05, 3.63) is 237 Å². The molecular formula is C73H62F6N12O13S. The SMILES string of the molecule is C=CC(=O)Nc1cn(C)nc1Cc1ccc2c(n1)C=C(C(=O)c1c(F)c(OC)cc(OC)c1F)C2.C=CC(=O)Nc1cn(C)nc1Cc1ccc2oc(C(=O)c3c(F)c(OC)cc(OC)c3F)cc2n1.C=CC(=O)Nc1cn(C)nc1Cc1ccc2sc(C(=O)c3c(F)c(OC)cc(OC)c3F)cc2n1. The number of Topliss-reactive ketones (excluding diaryl/α,β-unsaturated/α-hetero) is 1. The zero-order valence-electron chi connectivity index (χ0n) is 57.4. The Morgan fingerprint density at radius 3 is 1.27 bits per heavy atom. The van der Waals surface area contributed by atoms with Crippen LogP contribution in [0.5, 0.6) is 34.5 Å². The van der Waals surface area contributed by atoms with Gasteiger partial charge in [0.1, 0.15) is 22.2 Å². The van der Waals surface area contributed by atoms with Crippen LogP contribution in [0.15, 0.2) is 133 Å². The maximum Gasteiger partial charge on any atom is 0.247 e. The number of fused-ring (bicyclic) bond motifs is 3. The number of ether oxygens (including phenoxy) is 6. The molecule has 0 spiro atoms. The Labute approximate surface area is 597 Å². The van der Waals surface area contributed by atoms with Gasteiger partial charge >= 0.3 is 0 Å². The molecule has 0 aliphatic heterocycles. The number of hydrogen-bond acceptors (Lipinski definition) is 20. The summed E-state index contributed by atoms with van der Waals surface area (Å²) in [6.45, 7) is 10.3. The molecule has 1 aliphatic carbocycles. The largest absolute Gasteiger partial charge is 0.494 e. The first-order valence-corrected chi connectivity index (χ1v) is 31.9. The molecule has 0 atom stereocenters. The van der Waals surface area contributed by atoms with E-state index in [0.29, 0.717) is 85.5 Å². The second kappa shape index (κ2) is 31.9. The number of halogens is 6. The van der Waals surface area contributed by atoms with Crippen LogP contribution >= 0.6 is 11.3 Å². The van der Waals surface area contributed by atoms with Gasteiger partial charge in [-0.25, -0.2) is 31.3 Å². The monoisotopic (exact) mass is 1460 g/mol. The molecule has 0 unspecified atom stereocenters. The lowest BCUT2D eigenvalue weighted by Crippen LogP contribution is -2.11. The summed E-state index contributed by atoms with van der Waals surface area (Å²) < 4.78 is 129. The van der Waals surface area contributed by atoms with Gasteiger partial charge in [-0.2, -0.15) is 15.3 Å². The molecule has 0 saturated carbocycles. The number of furan rings is 1. The van der Waals surface area contributed by atoms with Crippen LogP contribution in [0.4, 0.5) is 43.4 Å². The fraction of sp³-hybridized carbons (Fsp3) is 0.178. The van der Waals surface area contributed by atoms with E-state index in [2.05, 4.69) is 65.9 Å². The molecule has 8 aromatic heterocycles. The Hall–Kier alpha value is -13.0. The third-order valence-corrected chi connectivity index (χ3v) is 16.9. The predicted octanol–water partition coefficient (Wildman–Crippen LogP) is 11.7. The molecule has 540 valence electrons. The van der Waals surface area contributed by atoms with Crippen LogP contribution in [0.3, 0.4) is 0 Å². The summed E-state index contributed by atoms with van der Waals surface area (Å²) in [5, 5.41) is 21.2. The number of pyridine rings is 3. The van der Waals surface area contributed by atoms with Crippen LogP contribution in [0.1, 0.15) is 87.1 Å². The van der Waals surface area contributed by atoms with E-state index in [9.17, 15) is 55.1 Å². The van der Waals surface area contributed by atoms with Crippen molar-refractivity contribution in [3.8, 4) is 34.5 Å². The Balaban J connectivity index is 0.000000169. The molecule has 0 fully saturated rings. The van der Waals surface area contributed by atoms with Gasteiger partial charge in [0, 0.05) is 112 Å². The Kier molecular flexibility index (Phi) is 22.7. The average Bonchev–Trinajstić information content (AvgIpc) is 1.73. The zero-order chi connectivity index (χ0) is 75.8. The van der Waals surface area contributed by atoms with Gasteiger partial charge in [0.05, 0.1) is 97.6 Å². The minimum atomic E-state index is -1.17. The number of carbonyl (C=O) groups is 6. The van der Waals surface area contributed by atoms with Gasteiger partial charge in [0.15, 0.2) is 86.5 Å². The van der Waals surface area contributed by atoms with Crippen molar-refractivity contribution in [2.24, 2.45) is 21.1 Å². The number of benzene rings is 3. The van der Waals surface area contributed by atoms with Gasteiger partial charge in [0.2, 0.25) is 29.3 Å². The number of nitrogens with one attached hydrogen (secondary N) is 3. The van der Waals surface area contributed by atoms with Gasteiger partial charge in [0.25, 0.3) is 0 Å². The summed E-state index contributed by atoms with van der Waals surface area (Å²) in [5.74, 6) is -12.7. The highest BCUT2D eigenvalue weighted by Crippen LogP contribution is 2.39. The number of aryl methyl sites for hydroxylation is 3. The fourth-order valence-electron chi connectivity index (χ4n) is 10.9. The van der Waals surface area contributed by atoms with Crippen molar-refractivity contribution >= 4 is 90.9 Å². The summed E-state index contributed by atoms with van der Waals surface area (Å²) in [6, 6.07) is 16.2. The second-order valence-corrected chi connectivity index (χ2v) is 23.8. The van der Waals surface area contributed by atoms with E-state index in [1.807, 2.05) is 0 Å². The van der Waals surface area contributed by atoms with Crippen molar-refractivity contribution in [1.29, 1.82) is 0 Å². The quantitative estimate of drug-likeness (QED) is 0.0288. The number of anilines is 3. The number of ketones is 3. The summed E-state index contributed by atoms with van der Waals surface area (Å²) >= 11 is 1.06. The van der Waals surface area contributed by atoms with E-state index in [-0.39, 0.29) is 86.9 Å². The maximum absolute atomic E-state index is 14.8. The fourth-order valence-corrected chi connectivity index (χ4v) is 11.8. The standard InChI is InChI=1S/C25H22F2N4O4.C24H20F2N4O5.C24H20F2N4O4S/c1-5-21(32)29-18-12-31(2)30-17(18)10-15-7-6-13-8-14(9-16(13)28-15)25(33)22-23(26)19(34-3)11-20(35-4)24(22)27;1-5-20(31)28-15-11-30(2)29-13(15)8-12-6-7-16-14(27-12)9-19(35-16)24(32)21-22(25)17(33-3)10-18(34-4)23(21)26;1-5-20(31)28-15-11-30(2)29-13(15)8-12-6-7-18-14(27-12)9-19(35-18)24(32)21-22(25)16(33-3)10-17(34-4)23(21)26/h5-7,9,11-12H,1,8,10H2,2-4H3,(H,29,32);2*5-7,9-11H,1,8H2,2-4H3,(H,28,31). The topological polar surface area (TPSA) is 299 Å². The molecule has 8 heterocycles. The smallest absolute Gasteiger partial charge is 0.247 e. The van der Waals surface area contributed by atoms with Crippen molar-refractivity contribution in [2.75, 3.05) is 58.6 Å². The normalized spacial score (nSPS) is 11.3. The molecule has 0 bridgehead atoms. The van der Waals surface area contributed by atoms with Crippen LogP contribution in [-0.4, -0.2) is 122 Å². The van der Waals surface area contributed by atoms with Gasteiger partial charge in [-0.3, -0.25) is 52.8 Å². The molecular weight excluding hydrogens is 1400 g/mol. The second-order valence-electron chi connectivity index (χ2n) is 22.7. The predicted molar refractivity (Wildman–Crippen MR) is 374 cm³/mol. The van der Waals surface area contributed by atoms with Crippen LogP contribution in [0.2, 0.25) is 0 Å². The lowest BCUT2D eigenvalue weighted by molar-refractivity contribution is -0.112. The number of thiophene rings is 1. The van der Waals surface area contributed by atoms with E-state index in [0.717, 1.165) is 53.3 Å². The molecule has 12 rings (SSSR count). The van der Waals surface area contributed by atoms with Crippen molar-refractivity contribution in [1.82, 2.24) is 44.3 Å². The molecule has 0 saturated heterocycles. The summed E-state index contributed by atoms with van der Waals surface area (Å²) in [6.07, 6.45) is 11.0. The Bertz CT molecular complexity index is 5080. The minimum Gasteiger partial charge on any atom is -0.494 e. The first-order chi connectivity index (χ1) is 50.2. The molecule has 105 heavy (non-hydrogen) atoms. The molecule has 1 aliphatic rings. The van der Waals surface area contributed by atoms with Gasteiger partial charge in [-0.05, 0) is 66.3 Å². The first kappa shape index (κ1) is 74.7. The molecule has 11 aromatic rings.